The van der Waals surface area contributed by atoms with E-state index in [1.807, 2.05) is 11.8 Å². The van der Waals surface area contributed by atoms with Gasteiger partial charge >= 0.3 is 5.97 Å². The van der Waals surface area contributed by atoms with Crippen LogP contribution in [0.2, 0.25) is 0 Å². The average Bonchev–Trinajstić information content (AvgIpc) is 3.17. The summed E-state index contributed by atoms with van der Waals surface area (Å²) in [4.78, 5) is 44.0. The van der Waals surface area contributed by atoms with Crippen LogP contribution in [-0.4, -0.2) is 56.9 Å². The molecule has 1 heterocycles. The third kappa shape index (κ3) is 5.88. The van der Waals surface area contributed by atoms with Crippen molar-refractivity contribution in [3.8, 4) is 0 Å². The summed E-state index contributed by atoms with van der Waals surface area (Å²) in [7, 11) is 0. The number of aliphatic hydroxyl groups is 1. The van der Waals surface area contributed by atoms with Gasteiger partial charge in [0.15, 0.2) is 6.10 Å². The molecular weight excluding hydrogens is 501 g/mol. The second-order valence-electron chi connectivity index (χ2n) is 11.6. The summed E-state index contributed by atoms with van der Waals surface area (Å²) in [5.74, 6) is -1.99. The molecule has 2 amide bonds. The SMILES string of the molecule is C[C@H](c1ccc(C(=O)NCC(O)C(=O)O)cc1)N1C(=O)C(c2ccc(F)cc2)=NC12CCC(C(C)(C)C)CC2. The molecule has 0 aromatic heterocycles. The van der Waals surface area contributed by atoms with Crippen LogP contribution < -0.4 is 5.32 Å². The number of nitrogens with zero attached hydrogens (tertiary/aromatic N) is 2. The van der Waals surface area contributed by atoms with Gasteiger partial charge in [0.1, 0.15) is 17.2 Å². The second kappa shape index (κ2) is 10.9. The molecule has 8 nitrogen and oxygen atoms in total. The standard InChI is InChI=1S/C30H36FN3O5/c1-18(19-5-7-21(8-6-19)26(36)32-17-24(35)28(38)39)34-27(37)25(20-9-11-23(31)12-10-20)33-30(34)15-13-22(14-16-30)29(2,3)4/h5-12,18,22,24,35H,13-17H2,1-4H3,(H,32,36)(H,38,39)/t18-,22?,24?,30?/m1/s1. The summed E-state index contributed by atoms with van der Waals surface area (Å²) in [5, 5.41) is 20.6. The van der Waals surface area contributed by atoms with Crippen LogP contribution >= 0.6 is 0 Å². The first-order chi connectivity index (χ1) is 18.3. The number of aliphatic hydroxyl groups excluding tert-OH is 1. The van der Waals surface area contributed by atoms with Gasteiger partial charge in [0.05, 0.1) is 12.6 Å². The summed E-state index contributed by atoms with van der Waals surface area (Å²) < 4.78 is 13.6. The summed E-state index contributed by atoms with van der Waals surface area (Å²) in [6.45, 7) is 8.25. The lowest BCUT2D eigenvalue weighted by atomic mass is 9.69. The molecule has 0 radical (unpaired) electrons. The first-order valence-electron chi connectivity index (χ1n) is 13.3. The van der Waals surface area contributed by atoms with Crippen molar-refractivity contribution in [2.75, 3.05) is 6.54 Å². The number of carboxylic acids is 1. The summed E-state index contributed by atoms with van der Waals surface area (Å²) in [5.41, 5.74) is 1.50. The molecule has 1 spiro atoms. The number of benzene rings is 2. The van der Waals surface area contributed by atoms with Crippen molar-refractivity contribution in [3.63, 3.8) is 0 Å². The molecule has 4 rings (SSSR count). The number of aliphatic carboxylic acids is 1. The molecule has 3 N–H and O–H groups in total. The van der Waals surface area contributed by atoms with Gasteiger partial charge in [0, 0.05) is 11.1 Å². The van der Waals surface area contributed by atoms with Crippen molar-refractivity contribution in [1.29, 1.82) is 0 Å². The molecular formula is C30H36FN3O5. The van der Waals surface area contributed by atoms with Crippen LogP contribution in [0.15, 0.2) is 53.5 Å². The van der Waals surface area contributed by atoms with Crippen molar-refractivity contribution in [2.24, 2.45) is 16.3 Å². The quantitative estimate of drug-likeness (QED) is 0.486. The van der Waals surface area contributed by atoms with E-state index in [0.29, 0.717) is 22.8 Å². The fourth-order valence-electron chi connectivity index (χ4n) is 5.68. The number of hydrogen-bond acceptors (Lipinski definition) is 5. The second-order valence-corrected chi connectivity index (χ2v) is 11.6. The molecule has 1 saturated carbocycles. The summed E-state index contributed by atoms with van der Waals surface area (Å²) >= 11 is 0. The number of carbonyl (C=O) groups excluding carboxylic acids is 2. The van der Waals surface area contributed by atoms with E-state index < -0.39 is 30.2 Å². The van der Waals surface area contributed by atoms with Gasteiger partial charge in [0.25, 0.3) is 11.8 Å². The van der Waals surface area contributed by atoms with E-state index in [9.17, 15) is 23.9 Å². The average molecular weight is 538 g/mol. The lowest BCUT2D eigenvalue weighted by Crippen LogP contribution is -2.50. The first-order valence-corrected chi connectivity index (χ1v) is 13.3. The molecule has 208 valence electrons. The topological polar surface area (TPSA) is 119 Å². The molecule has 2 atom stereocenters. The molecule has 1 unspecified atom stereocenters. The van der Waals surface area contributed by atoms with Crippen LogP contribution in [0.5, 0.6) is 0 Å². The molecule has 2 aromatic rings. The fourth-order valence-corrected chi connectivity index (χ4v) is 5.68. The van der Waals surface area contributed by atoms with Crippen LogP contribution in [-0.2, 0) is 9.59 Å². The lowest BCUT2D eigenvalue weighted by molar-refractivity contribution is -0.146. The third-order valence-electron chi connectivity index (χ3n) is 8.10. The fraction of sp³-hybridized carbons (Fsp3) is 0.467. The number of halogens is 1. The molecule has 9 heteroatoms. The largest absolute Gasteiger partial charge is 0.479 e. The van der Waals surface area contributed by atoms with E-state index in [0.717, 1.165) is 31.2 Å². The molecule has 0 saturated heterocycles. The Kier molecular flexibility index (Phi) is 7.93. The summed E-state index contributed by atoms with van der Waals surface area (Å²) in [6, 6.07) is 12.2. The van der Waals surface area contributed by atoms with E-state index in [2.05, 4.69) is 26.1 Å². The highest BCUT2D eigenvalue weighted by Gasteiger charge is 2.51. The Hall–Kier alpha value is -3.59. The maximum atomic E-state index is 13.9. The number of carbonyl (C=O) groups is 3. The summed E-state index contributed by atoms with van der Waals surface area (Å²) in [6.07, 6.45) is 1.63. The van der Waals surface area contributed by atoms with Gasteiger partial charge in [-0.3, -0.25) is 14.6 Å². The zero-order valence-corrected chi connectivity index (χ0v) is 22.8. The van der Waals surface area contributed by atoms with Crippen LogP contribution in [0.1, 0.15) is 80.9 Å². The highest BCUT2D eigenvalue weighted by molar-refractivity contribution is 6.46. The minimum absolute atomic E-state index is 0.154. The highest BCUT2D eigenvalue weighted by Crippen LogP contribution is 2.49. The normalized spacial score (nSPS) is 22.9. The monoisotopic (exact) mass is 537 g/mol. The van der Waals surface area contributed by atoms with Crippen molar-refractivity contribution in [2.45, 2.75) is 71.2 Å². The van der Waals surface area contributed by atoms with Gasteiger partial charge in [-0.15, -0.1) is 0 Å². The highest BCUT2D eigenvalue weighted by atomic mass is 19.1. The molecule has 0 bridgehead atoms. The zero-order valence-electron chi connectivity index (χ0n) is 22.8. The Morgan fingerprint density at radius 3 is 2.23 bits per heavy atom. The minimum atomic E-state index is -1.69. The number of amides is 2. The Balaban J connectivity index is 1.59. The van der Waals surface area contributed by atoms with Gasteiger partial charge in [-0.25, -0.2) is 9.18 Å². The molecule has 1 aliphatic carbocycles. The maximum absolute atomic E-state index is 13.9. The van der Waals surface area contributed by atoms with Gasteiger partial charge in [-0.1, -0.05) is 32.9 Å². The number of hydrogen-bond donors (Lipinski definition) is 3. The van der Waals surface area contributed by atoms with E-state index in [1.165, 1.54) is 12.1 Å². The zero-order chi connectivity index (χ0) is 28.5. The number of rotatable bonds is 7. The van der Waals surface area contributed by atoms with Crippen LogP contribution in [0.4, 0.5) is 4.39 Å². The Labute approximate surface area is 227 Å². The number of aliphatic imine (C=N–C) groups is 1. The lowest BCUT2D eigenvalue weighted by Gasteiger charge is -2.46. The minimum Gasteiger partial charge on any atom is -0.479 e. The smallest absolute Gasteiger partial charge is 0.334 e. The third-order valence-corrected chi connectivity index (χ3v) is 8.10. The van der Waals surface area contributed by atoms with E-state index in [4.69, 9.17) is 10.1 Å². The Morgan fingerprint density at radius 2 is 1.69 bits per heavy atom. The van der Waals surface area contributed by atoms with Crippen molar-refractivity contribution >= 4 is 23.5 Å². The first kappa shape index (κ1) is 28.4. The Morgan fingerprint density at radius 1 is 1.10 bits per heavy atom. The number of carboxylic acid groups (broad SMARTS) is 1. The maximum Gasteiger partial charge on any atom is 0.334 e. The van der Waals surface area contributed by atoms with Crippen LogP contribution in [0.3, 0.4) is 0 Å². The molecule has 39 heavy (non-hydrogen) atoms. The van der Waals surface area contributed by atoms with Crippen molar-refractivity contribution in [3.05, 3.63) is 71.0 Å². The van der Waals surface area contributed by atoms with Gasteiger partial charge in [-0.2, -0.15) is 0 Å². The van der Waals surface area contributed by atoms with Crippen LogP contribution in [0.25, 0.3) is 0 Å². The van der Waals surface area contributed by atoms with Crippen molar-refractivity contribution < 1.29 is 29.0 Å². The molecule has 1 aliphatic heterocycles. The predicted molar refractivity (Wildman–Crippen MR) is 145 cm³/mol. The number of nitrogens with one attached hydrogen (secondary N) is 1. The predicted octanol–water partition coefficient (Wildman–Crippen LogP) is 4.33. The van der Waals surface area contributed by atoms with E-state index >= 15 is 0 Å². The van der Waals surface area contributed by atoms with Gasteiger partial charge in [0.2, 0.25) is 0 Å². The Bertz CT molecular complexity index is 1260. The van der Waals surface area contributed by atoms with E-state index in [1.54, 1.807) is 36.4 Å². The molecule has 1 fully saturated rings. The molecule has 2 aromatic carbocycles. The van der Waals surface area contributed by atoms with E-state index in [-0.39, 0.29) is 23.2 Å². The van der Waals surface area contributed by atoms with Crippen LogP contribution in [0, 0.1) is 17.2 Å². The molecule has 2 aliphatic rings. The van der Waals surface area contributed by atoms with Crippen molar-refractivity contribution in [1.82, 2.24) is 10.2 Å². The van der Waals surface area contributed by atoms with Gasteiger partial charge in [-0.05, 0) is 85.9 Å². The van der Waals surface area contributed by atoms with Gasteiger partial charge < -0.3 is 20.4 Å².